The molecule has 1 aliphatic rings. The fourth-order valence-corrected chi connectivity index (χ4v) is 1.17. The van der Waals surface area contributed by atoms with Gasteiger partial charge in [-0.05, 0) is 0 Å². The highest BCUT2D eigenvalue weighted by atomic mass is 16.5. The van der Waals surface area contributed by atoms with Gasteiger partial charge in [0, 0.05) is 20.2 Å². The first-order valence-electron chi connectivity index (χ1n) is 3.82. The number of rotatable bonds is 3. The third-order valence-corrected chi connectivity index (χ3v) is 1.69. The van der Waals surface area contributed by atoms with Crippen LogP contribution in [0.15, 0.2) is 0 Å². The van der Waals surface area contributed by atoms with Crippen LogP contribution in [0.3, 0.4) is 0 Å². The number of morpholine rings is 1. The molecule has 1 saturated heterocycles. The second kappa shape index (κ2) is 4.66. The molecule has 0 amide bonds. The molecule has 2 atom stereocenters. The third-order valence-electron chi connectivity index (χ3n) is 1.69. The number of ether oxygens (including phenoxy) is 2. The summed E-state index contributed by atoms with van der Waals surface area (Å²) in [5.41, 5.74) is 0. The van der Waals surface area contributed by atoms with E-state index in [-0.39, 0.29) is 18.8 Å². The molecule has 0 radical (unpaired) electrons. The first kappa shape index (κ1) is 8.93. The maximum absolute atomic E-state index is 8.77. The predicted octanol–water partition coefficient (Wildman–Crippen LogP) is -1.02. The number of nitrogens with one attached hydrogen (secondary N) is 1. The predicted molar refractivity (Wildman–Crippen MR) is 40.5 cm³/mol. The summed E-state index contributed by atoms with van der Waals surface area (Å²) in [6.45, 7) is 2.21. The molecule has 1 rings (SSSR count). The lowest BCUT2D eigenvalue weighted by Crippen LogP contribution is -2.47. The van der Waals surface area contributed by atoms with E-state index in [1.807, 2.05) is 0 Å². The maximum atomic E-state index is 8.77. The van der Waals surface area contributed by atoms with Gasteiger partial charge >= 0.3 is 0 Å². The summed E-state index contributed by atoms with van der Waals surface area (Å²) in [6.07, 6.45) is 0.0230. The normalized spacial score (nSPS) is 32.2. The lowest BCUT2D eigenvalue weighted by molar-refractivity contribution is -0.0849. The van der Waals surface area contributed by atoms with E-state index in [1.165, 1.54) is 0 Å². The molecule has 0 aromatic heterocycles. The third kappa shape index (κ3) is 2.75. The number of aliphatic hydroxyl groups excluding tert-OH is 1. The first-order chi connectivity index (χ1) is 5.36. The summed E-state index contributed by atoms with van der Waals surface area (Å²) in [5, 5.41) is 11.9. The average Bonchev–Trinajstić information content (AvgIpc) is 2.06. The summed E-state index contributed by atoms with van der Waals surface area (Å²) >= 11 is 0. The Bertz CT molecular complexity index is 108. The van der Waals surface area contributed by atoms with E-state index in [0.717, 1.165) is 13.1 Å². The van der Waals surface area contributed by atoms with Crippen LogP contribution >= 0.6 is 0 Å². The minimum atomic E-state index is -0.0658. The van der Waals surface area contributed by atoms with Crippen LogP contribution in [0.2, 0.25) is 0 Å². The highest BCUT2D eigenvalue weighted by molar-refractivity contribution is 4.73. The molecule has 11 heavy (non-hydrogen) atoms. The van der Waals surface area contributed by atoms with E-state index >= 15 is 0 Å². The van der Waals surface area contributed by atoms with Crippen molar-refractivity contribution in [2.24, 2.45) is 0 Å². The van der Waals surface area contributed by atoms with Gasteiger partial charge in [-0.1, -0.05) is 0 Å². The molecule has 0 spiro atoms. The fraction of sp³-hybridized carbons (Fsp3) is 1.00. The number of methoxy groups -OCH3 is 1. The highest BCUT2D eigenvalue weighted by Gasteiger charge is 2.20. The van der Waals surface area contributed by atoms with Crippen LogP contribution in [0.5, 0.6) is 0 Å². The quantitative estimate of drug-likeness (QED) is 0.556. The Hall–Kier alpha value is -0.160. The van der Waals surface area contributed by atoms with Crippen molar-refractivity contribution in [2.45, 2.75) is 12.2 Å². The van der Waals surface area contributed by atoms with Gasteiger partial charge < -0.3 is 19.9 Å². The second-order valence-corrected chi connectivity index (χ2v) is 2.68. The Labute approximate surface area is 66.5 Å². The Balaban J connectivity index is 2.21. The molecule has 0 aliphatic carbocycles. The Morgan fingerprint density at radius 3 is 2.91 bits per heavy atom. The molecule has 0 unspecified atom stereocenters. The van der Waals surface area contributed by atoms with Gasteiger partial charge in [0.15, 0.2) is 0 Å². The highest BCUT2D eigenvalue weighted by Crippen LogP contribution is 2.02. The molecule has 0 saturated carbocycles. The largest absolute Gasteiger partial charge is 0.394 e. The van der Waals surface area contributed by atoms with Gasteiger partial charge in [0.1, 0.15) is 0 Å². The summed E-state index contributed by atoms with van der Waals surface area (Å²) in [5.74, 6) is 0. The van der Waals surface area contributed by atoms with E-state index in [4.69, 9.17) is 14.6 Å². The van der Waals surface area contributed by atoms with Gasteiger partial charge in [0.2, 0.25) is 0 Å². The van der Waals surface area contributed by atoms with E-state index < -0.39 is 0 Å². The molecule has 1 fully saturated rings. The van der Waals surface area contributed by atoms with Crippen LogP contribution < -0.4 is 5.32 Å². The molecule has 1 aliphatic heterocycles. The van der Waals surface area contributed by atoms with Gasteiger partial charge in [0.25, 0.3) is 0 Å². The minimum absolute atomic E-state index is 0.0658. The van der Waals surface area contributed by atoms with Crippen LogP contribution in [-0.2, 0) is 9.47 Å². The summed E-state index contributed by atoms with van der Waals surface area (Å²) in [6, 6.07) is 0. The zero-order chi connectivity index (χ0) is 8.10. The van der Waals surface area contributed by atoms with Crippen molar-refractivity contribution in [1.29, 1.82) is 0 Å². The van der Waals surface area contributed by atoms with Gasteiger partial charge in [-0.25, -0.2) is 0 Å². The smallest absolute Gasteiger partial charge is 0.0937 e. The van der Waals surface area contributed by atoms with Crippen LogP contribution in [0.25, 0.3) is 0 Å². The van der Waals surface area contributed by atoms with Crippen molar-refractivity contribution in [3.8, 4) is 0 Å². The van der Waals surface area contributed by atoms with E-state index in [9.17, 15) is 0 Å². The van der Waals surface area contributed by atoms with E-state index in [1.54, 1.807) is 7.11 Å². The summed E-state index contributed by atoms with van der Waals surface area (Å²) < 4.78 is 10.4. The molecular weight excluding hydrogens is 146 g/mol. The monoisotopic (exact) mass is 161 g/mol. The summed E-state index contributed by atoms with van der Waals surface area (Å²) in [7, 11) is 1.64. The van der Waals surface area contributed by atoms with Crippen molar-refractivity contribution in [2.75, 3.05) is 33.4 Å². The number of aliphatic hydroxyl groups is 1. The molecule has 2 N–H and O–H groups in total. The Morgan fingerprint density at radius 2 is 2.27 bits per heavy atom. The van der Waals surface area contributed by atoms with Crippen molar-refractivity contribution in [3.05, 3.63) is 0 Å². The molecule has 66 valence electrons. The molecule has 4 nitrogen and oxygen atoms in total. The van der Waals surface area contributed by atoms with E-state index in [0.29, 0.717) is 6.61 Å². The maximum Gasteiger partial charge on any atom is 0.0937 e. The van der Waals surface area contributed by atoms with Crippen LogP contribution in [0.1, 0.15) is 0 Å². The topological polar surface area (TPSA) is 50.7 Å². The van der Waals surface area contributed by atoms with Crippen LogP contribution in [-0.4, -0.2) is 50.7 Å². The van der Waals surface area contributed by atoms with E-state index in [2.05, 4.69) is 5.32 Å². The standard InChI is InChI=1S/C7H15NO3/c1-10-5-7-3-8-2-6(4-9)11-7/h6-9H,2-5H2,1H3/t6-,7+/m1/s1. The van der Waals surface area contributed by atoms with Gasteiger partial charge in [-0.3, -0.25) is 0 Å². The van der Waals surface area contributed by atoms with Gasteiger partial charge in [-0.2, -0.15) is 0 Å². The molecule has 0 aromatic rings. The van der Waals surface area contributed by atoms with Crippen LogP contribution in [0.4, 0.5) is 0 Å². The average molecular weight is 161 g/mol. The fourth-order valence-electron chi connectivity index (χ4n) is 1.17. The molecule has 4 heteroatoms. The zero-order valence-electron chi connectivity index (χ0n) is 6.75. The lowest BCUT2D eigenvalue weighted by Gasteiger charge is -2.29. The molecular formula is C7H15NO3. The first-order valence-corrected chi connectivity index (χ1v) is 3.82. The molecule has 1 heterocycles. The number of hydrogen-bond donors (Lipinski definition) is 2. The second-order valence-electron chi connectivity index (χ2n) is 2.68. The van der Waals surface area contributed by atoms with Gasteiger partial charge in [0.05, 0.1) is 25.4 Å². The zero-order valence-corrected chi connectivity index (χ0v) is 6.75. The Morgan fingerprint density at radius 1 is 1.55 bits per heavy atom. The van der Waals surface area contributed by atoms with Crippen molar-refractivity contribution < 1.29 is 14.6 Å². The van der Waals surface area contributed by atoms with Crippen molar-refractivity contribution in [3.63, 3.8) is 0 Å². The van der Waals surface area contributed by atoms with Crippen LogP contribution in [0, 0.1) is 0 Å². The summed E-state index contributed by atoms with van der Waals surface area (Å²) in [4.78, 5) is 0. The van der Waals surface area contributed by atoms with Crippen molar-refractivity contribution >= 4 is 0 Å². The van der Waals surface area contributed by atoms with Gasteiger partial charge in [-0.15, -0.1) is 0 Å². The number of hydrogen-bond acceptors (Lipinski definition) is 4. The lowest BCUT2D eigenvalue weighted by atomic mass is 10.2. The van der Waals surface area contributed by atoms with Crippen molar-refractivity contribution in [1.82, 2.24) is 5.32 Å². The SMILES string of the molecule is COC[C@@H]1CNC[C@H](CO)O1. The molecule has 0 aromatic carbocycles. The minimum Gasteiger partial charge on any atom is -0.394 e. The molecule has 0 bridgehead atoms. The Kier molecular flexibility index (Phi) is 3.79.